The number of rotatable bonds is 1. The second-order valence-electron chi connectivity index (χ2n) is 2.87. The Hall–Kier alpha value is -1.68. The number of benzene rings is 1. The van der Waals surface area contributed by atoms with Crippen molar-refractivity contribution < 1.29 is 9.59 Å². The van der Waals surface area contributed by atoms with Crippen LogP contribution in [0.4, 0.5) is 5.69 Å². The minimum atomic E-state index is -0.566. The van der Waals surface area contributed by atoms with Crippen molar-refractivity contribution >= 4 is 17.4 Å². The van der Waals surface area contributed by atoms with Crippen LogP contribution in [0.1, 0.15) is 15.9 Å². The molecule has 4 nitrogen and oxygen atoms in total. The molecule has 0 radical (unpaired) electrons. The number of Topliss-reactive ketones (excluding diaryl/α,β-unsaturated/α-hetero) is 1. The third kappa shape index (κ3) is 1.11. The van der Waals surface area contributed by atoms with Gasteiger partial charge in [0.15, 0.2) is 0 Å². The van der Waals surface area contributed by atoms with Gasteiger partial charge in [0.05, 0.1) is 11.3 Å². The molecule has 0 aromatic heterocycles. The summed E-state index contributed by atoms with van der Waals surface area (Å²) in [7, 11) is 0. The molecule has 0 saturated carbocycles. The maximum atomic E-state index is 11.2. The van der Waals surface area contributed by atoms with Crippen molar-refractivity contribution in [3.05, 3.63) is 29.3 Å². The number of carbonyl (C=O) groups excluding carboxylic acids is 2. The molecule has 66 valence electrons. The zero-order valence-corrected chi connectivity index (χ0v) is 6.83. The quantitative estimate of drug-likeness (QED) is 0.603. The van der Waals surface area contributed by atoms with E-state index in [-0.39, 0.29) is 0 Å². The molecule has 1 amide bonds. The van der Waals surface area contributed by atoms with E-state index in [1.807, 2.05) is 0 Å². The summed E-state index contributed by atoms with van der Waals surface area (Å²) in [5.41, 5.74) is 7.26. The summed E-state index contributed by atoms with van der Waals surface area (Å²) >= 11 is 0. The predicted octanol–water partition coefficient (Wildman–Crippen LogP) is 0.280. The molecule has 0 unspecified atom stereocenters. The van der Waals surface area contributed by atoms with Crippen LogP contribution in [-0.4, -0.2) is 11.7 Å². The largest absolute Gasteiger partial charge is 0.326 e. The Morgan fingerprint density at radius 3 is 2.77 bits per heavy atom. The zero-order chi connectivity index (χ0) is 9.42. The van der Waals surface area contributed by atoms with Crippen molar-refractivity contribution in [2.45, 2.75) is 6.54 Å². The monoisotopic (exact) mass is 176 g/mol. The third-order valence-electron chi connectivity index (χ3n) is 2.02. The van der Waals surface area contributed by atoms with Crippen molar-refractivity contribution in [2.24, 2.45) is 5.73 Å². The van der Waals surface area contributed by atoms with Gasteiger partial charge in [-0.25, -0.2) is 0 Å². The number of ketones is 1. The maximum Gasteiger partial charge on any atom is 0.296 e. The normalized spacial score (nSPS) is 14.2. The average molecular weight is 176 g/mol. The molecule has 0 aliphatic carbocycles. The van der Waals surface area contributed by atoms with Crippen LogP contribution >= 0.6 is 0 Å². The first kappa shape index (κ1) is 7.94. The van der Waals surface area contributed by atoms with Crippen molar-refractivity contribution in [3.8, 4) is 0 Å². The number of amides is 1. The number of hydrogen-bond acceptors (Lipinski definition) is 3. The van der Waals surface area contributed by atoms with E-state index in [0.29, 0.717) is 17.8 Å². The van der Waals surface area contributed by atoms with Crippen molar-refractivity contribution in [1.82, 2.24) is 0 Å². The van der Waals surface area contributed by atoms with Crippen molar-refractivity contribution in [3.63, 3.8) is 0 Å². The Morgan fingerprint density at radius 1 is 1.31 bits per heavy atom. The van der Waals surface area contributed by atoms with Gasteiger partial charge in [-0.15, -0.1) is 0 Å². The Balaban J connectivity index is 2.54. The summed E-state index contributed by atoms with van der Waals surface area (Å²) in [6.07, 6.45) is 0. The summed E-state index contributed by atoms with van der Waals surface area (Å²) in [5, 5.41) is 2.47. The number of nitrogens with two attached hydrogens (primary N) is 1. The van der Waals surface area contributed by atoms with E-state index < -0.39 is 11.7 Å². The van der Waals surface area contributed by atoms with E-state index in [2.05, 4.69) is 5.32 Å². The van der Waals surface area contributed by atoms with Gasteiger partial charge in [0, 0.05) is 6.54 Å². The van der Waals surface area contributed by atoms with E-state index in [1.54, 1.807) is 18.2 Å². The fourth-order valence-corrected chi connectivity index (χ4v) is 1.32. The topological polar surface area (TPSA) is 72.2 Å². The highest BCUT2D eigenvalue weighted by molar-refractivity contribution is 6.51. The first-order valence-electron chi connectivity index (χ1n) is 3.91. The fourth-order valence-electron chi connectivity index (χ4n) is 1.32. The lowest BCUT2D eigenvalue weighted by Gasteiger charge is -1.99. The molecule has 0 atom stereocenters. The van der Waals surface area contributed by atoms with E-state index in [0.717, 1.165) is 5.56 Å². The molecule has 1 aliphatic rings. The summed E-state index contributed by atoms with van der Waals surface area (Å²) in [6.45, 7) is 0.370. The summed E-state index contributed by atoms with van der Waals surface area (Å²) < 4.78 is 0. The highest BCUT2D eigenvalue weighted by Gasteiger charge is 2.27. The fraction of sp³-hybridized carbons (Fsp3) is 0.111. The molecular formula is C9H8N2O2. The number of hydrogen-bond donors (Lipinski definition) is 2. The average Bonchev–Trinajstić information content (AvgIpc) is 2.43. The number of fused-ring (bicyclic) bond motifs is 1. The summed E-state index contributed by atoms with van der Waals surface area (Å²) in [5.74, 6) is -1.05. The molecule has 2 rings (SSSR count). The molecule has 0 saturated heterocycles. The lowest BCUT2D eigenvalue weighted by atomic mass is 10.1. The molecule has 1 heterocycles. The smallest absolute Gasteiger partial charge is 0.296 e. The molecular weight excluding hydrogens is 168 g/mol. The van der Waals surface area contributed by atoms with E-state index in [9.17, 15) is 9.59 Å². The second-order valence-corrected chi connectivity index (χ2v) is 2.87. The summed E-state index contributed by atoms with van der Waals surface area (Å²) in [6, 6.07) is 5.13. The molecule has 0 spiro atoms. The van der Waals surface area contributed by atoms with Crippen LogP contribution in [0.3, 0.4) is 0 Å². The Morgan fingerprint density at radius 2 is 2.08 bits per heavy atom. The van der Waals surface area contributed by atoms with E-state index in [1.165, 1.54) is 0 Å². The molecule has 13 heavy (non-hydrogen) atoms. The maximum absolute atomic E-state index is 11.2. The molecule has 3 N–H and O–H groups in total. The molecule has 0 bridgehead atoms. The molecule has 1 aromatic rings. The van der Waals surface area contributed by atoms with E-state index >= 15 is 0 Å². The van der Waals surface area contributed by atoms with Gasteiger partial charge in [0.2, 0.25) is 0 Å². The van der Waals surface area contributed by atoms with Crippen LogP contribution in [0, 0.1) is 0 Å². The van der Waals surface area contributed by atoms with Gasteiger partial charge in [-0.3, -0.25) is 9.59 Å². The van der Waals surface area contributed by atoms with Gasteiger partial charge >= 0.3 is 0 Å². The van der Waals surface area contributed by atoms with Crippen molar-refractivity contribution in [2.75, 3.05) is 5.32 Å². The molecule has 0 fully saturated rings. The van der Waals surface area contributed by atoms with Crippen LogP contribution in [0.25, 0.3) is 0 Å². The first-order valence-corrected chi connectivity index (χ1v) is 3.91. The lowest BCUT2D eigenvalue weighted by molar-refractivity contribution is -0.112. The van der Waals surface area contributed by atoms with Gasteiger partial charge in [-0.2, -0.15) is 0 Å². The summed E-state index contributed by atoms with van der Waals surface area (Å²) in [4.78, 5) is 22.2. The SMILES string of the molecule is NCc1ccc2c(c1)C(=O)C(=O)N2. The Bertz CT molecular complexity index is 399. The van der Waals surface area contributed by atoms with Gasteiger partial charge in [0.1, 0.15) is 0 Å². The highest BCUT2D eigenvalue weighted by atomic mass is 16.2. The lowest BCUT2D eigenvalue weighted by Crippen LogP contribution is -2.12. The van der Waals surface area contributed by atoms with Gasteiger partial charge < -0.3 is 11.1 Å². The Labute approximate surface area is 74.7 Å². The molecule has 1 aliphatic heterocycles. The number of anilines is 1. The second kappa shape index (κ2) is 2.67. The highest BCUT2D eigenvalue weighted by Crippen LogP contribution is 2.23. The van der Waals surface area contributed by atoms with Gasteiger partial charge in [-0.05, 0) is 17.7 Å². The van der Waals surface area contributed by atoms with Crippen LogP contribution in [0.2, 0.25) is 0 Å². The zero-order valence-electron chi connectivity index (χ0n) is 6.83. The van der Waals surface area contributed by atoms with Gasteiger partial charge in [0.25, 0.3) is 11.7 Å². The number of carbonyl (C=O) groups is 2. The van der Waals surface area contributed by atoms with Crippen LogP contribution in [0.15, 0.2) is 18.2 Å². The molecule has 4 heteroatoms. The Kier molecular flexibility index (Phi) is 1.63. The molecule has 1 aromatic carbocycles. The van der Waals surface area contributed by atoms with Crippen LogP contribution < -0.4 is 11.1 Å². The van der Waals surface area contributed by atoms with Gasteiger partial charge in [-0.1, -0.05) is 6.07 Å². The van der Waals surface area contributed by atoms with Crippen molar-refractivity contribution in [1.29, 1.82) is 0 Å². The van der Waals surface area contributed by atoms with Crippen LogP contribution in [0.5, 0.6) is 0 Å². The minimum Gasteiger partial charge on any atom is -0.326 e. The predicted molar refractivity (Wildman–Crippen MR) is 47.3 cm³/mol. The first-order chi connectivity index (χ1) is 6.22. The third-order valence-corrected chi connectivity index (χ3v) is 2.02. The number of nitrogens with one attached hydrogen (secondary N) is 1. The minimum absolute atomic E-state index is 0.370. The van der Waals surface area contributed by atoms with E-state index in [4.69, 9.17) is 5.73 Å². The standard InChI is InChI=1S/C9H8N2O2/c10-4-5-1-2-7-6(3-5)8(12)9(13)11-7/h1-3H,4,10H2,(H,11,12,13). The van der Waals surface area contributed by atoms with Crippen LogP contribution in [-0.2, 0) is 11.3 Å².